The quantitative estimate of drug-likeness (QED) is 0.479. The van der Waals surface area contributed by atoms with Crippen molar-refractivity contribution in [2.45, 2.75) is 13.3 Å². The molecule has 3 rings (SSSR count). The van der Waals surface area contributed by atoms with Gasteiger partial charge >= 0.3 is 6.36 Å². The number of aromatic nitrogens is 3. The molecule has 11 heteroatoms. The molecule has 0 fully saturated rings. The summed E-state index contributed by atoms with van der Waals surface area (Å²) in [5.74, 6) is 0.363. The van der Waals surface area contributed by atoms with E-state index in [9.17, 15) is 13.2 Å². The van der Waals surface area contributed by atoms with Gasteiger partial charge in [-0.25, -0.2) is 4.98 Å². The van der Waals surface area contributed by atoms with Gasteiger partial charge in [-0.1, -0.05) is 0 Å². The van der Waals surface area contributed by atoms with Crippen LogP contribution in [0.15, 0.2) is 59.9 Å². The van der Waals surface area contributed by atoms with Crippen LogP contribution in [0.1, 0.15) is 5.69 Å². The average molecular weight is 417 g/mol. The van der Waals surface area contributed by atoms with Crippen LogP contribution in [0, 0.1) is 6.92 Å². The minimum Gasteiger partial charge on any atom is -0.406 e. The lowest BCUT2D eigenvalue weighted by Crippen LogP contribution is -2.33. The second-order valence-corrected chi connectivity index (χ2v) is 6.13. The van der Waals surface area contributed by atoms with E-state index in [4.69, 9.17) is 5.73 Å². The summed E-state index contributed by atoms with van der Waals surface area (Å²) < 4.78 is 40.7. The summed E-state index contributed by atoms with van der Waals surface area (Å²) in [4.78, 5) is 18.3. The summed E-state index contributed by atoms with van der Waals surface area (Å²) in [6.07, 6.45) is -1.45. The van der Waals surface area contributed by atoms with E-state index < -0.39 is 6.36 Å². The lowest BCUT2D eigenvalue weighted by molar-refractivity contribution is -0.274. The van der Waals surface area contributed by atoms with Crippen LogP contribution in [0.3, 0.4) is 0 Å². The first-order valence-corrected chi connectivity index (χ1v) is 8.66. The van der Waals surface area contributed by atoms with Gasteiger partial charge in [-0.2, -0.15) is 9.98 Å². The number of hydrogen-bond acceptors (Lipinski definition) is 6. The normalized spacial score (nSPS) is 11.8. The Morgan fingerprint density at radius 2 is 1.90 bits per heavy atom. The van der Waals surface area contributed by atoms with Crippen LogP contribution in [-0.4, -0.2) is 34.3 Å². The van der Waals surface area contributed by atoms with Crippen molar-refractivity contribution in [2.24, 2.45) is 10.7 Å². The van der Waals surface area contributed by atoms with E-state index in [1.54, 1.807) is 38.5 Å². The molecule has 3 aromatic rings. The fourth-order valence-electron chi connectivity index (χ4n) is 2.43. The number of rotatable bonds is 5. The molecule has 156 valence electrons. The molecule has 0 amide bonds. The van der Waals surface area contributed by atoms with Crippen LogP contribution >= 0.6 is 0 Å². The van der Waals surface area contributed by atoms with Gasteiger partial charge in [0.05, 0.1) is 11.9 Å². The number of alkyl halides is 3. The Balaban J connectivity index is 1.77. The number of anilines is 3. The molecule has 30 heavy (non-hydrogen) atoms. The highest BCUT2D eigenvalue weighted by molar-refractivity contribution is 5.95. The van der Waals surface area contributed by atoms with E-state index in [2.05, 4.69) is 30.0 Å². The number of aliphatic imine (C=N–C) groups is 1. The number of nitrogens with zero attached hydrogens (tertiary/aromatic N) is 5. The van der Waals surface area contributed by atoms with Gasteiger partial charge in [0.1, 0.15) is 11.6 Å². The molecular formula is C19H18F3N7O. The molecule has 0 aliphatic heterocycles. The van der Waals surface area contributed by atoms with Crippen LogP contribution in [0.25, 0.3) is 0 Å². The fraction of sp³-hybridized carbons (Fsp3) is 0.158. The van der Waals surface area contributed by atoms with Crippen molar-refractivity contribution in [2.75, 3.05) is 17.3 Å². The Kier molecular flexibility index (Phi) is 6.00. The van der Waals surface area contributed by atoms with E-state index in [-0.39, 0.29) is 17.7 Å². The number of pyridine rings is 1. The topological polar surface area (TPSA) is 102 Å². The minimum absolute atomic E-state index is 0.0532. The Morgan fingerprint density at radius 1 is 1.17 bits per heavy atom. The Bertz CT molecular complexity index is 1020. The van der Waals surface area contributed by atoms with E-state index in [1.807, 2.05) is 6.07 Å². The Morgan fingerprint density at radius 3 is 2.53 bits per heavy atom. The zero-order valence-electron chi connectivity index (χ0n) is 16.1. The van der Waals surface area contributed by atoms with Crippen molar-refractivity contribution in [3.8, 4) is 5.75 Å². The van der Waals surface area contributed by atoms with Crippen LogP contribution in [-0.2, 0) is 0 Å². The van der Waals surface area contributed by atoms with Gasteiger partial charge in [0, 0.05) is 30.7 Å². The number of hydrogen-bond donors (Lipinski definition) is 2. The second kappa shape index (κ2) is 8.64. The van der Waals surface area contributed by atoms with Gasteiger partial charge in [0.25, 0.3) is 5.95 Å². The smallest absolute Gasteiger partial charge is 0.406 e. The molecule has 3 N–H and O–H groups in total. The molecule has 0 aliphatic carbocycles. The average Bonchev–Trinajstić information content (AvgIpc) is 2.67. The van der Waals surface area contributed by atoms with E-state index in [1.165, 1.54) is 29.2 Å². The largest absolute Gasteiger partial charge is 0.573 e. The van der Waals surface area contributed by atoms with Crippen LogP contribution in [0.2, 0.25) is 0 Å². The van der Waals surface area contributed by atoms with Crippen molar-refractivity contribution in [3.05, 3.63) is 60.6 Å². The number of aryl methyl sites for hydroxylation is 1. The van der Waals surface area contributed by atoms with Gasteiger partial charge < -0.3 is 20.7 Å². The molecule has 0 saturated carbocycles. The molecule has 2 heterocycles. The monoisotopic (exact) mass is 417 g/mol. The number of ether oxygens (including phenoxy) is 1. The van der Waals surface area contributed by atoms with E-state index >= 15 is 0 Å². The predicted molar refractivity (Wildman–Crippen MR) is 107 cm³/mol. The molecule has 2 aromatic heterocycles. The van der Waals surface area contributed by atoms with Crippen molar-refractivity contribution in [1.82, 2.24) is 15.0 Å². The summed E-state index contributed by atoms with van der Waals surface area (Å²) in [5, 5.41) is 3.10. The van der Waals surface area contributed by atoms with Crippen LogP contribution in [0.4, 0.5) is 36.3 Å². The van der Waals surface area contributed by atoms with Gasteiger partial charge in [0.2, 0.25) is 5.96 Å². The first-order chi connectivity index (χ1) is 14.2. The molecule has 0 bridgehead atoms. The maximum Gasteiger partial charge on any atom is 0.573 e. The van der Waals surface area contributed by atoms with Crippen molar-refractivity contribution < 1.29 is 17.9 Å². The summed E-state index contributed by atoms with van der Waals surface area (Å²) in [6, 6.07) is 10.6. The Labute approximate surface area is 170 Å². The summed E-state index contributed by atoms with van der Waals surface area (Å²) in [6.45, 7) is 1.79. The van der Waals surface area contributed by atoms with Crippen LogP contribution in [0.5, 0.6) is 5.75 Å². The molecule has 1 aromatic carbocycles. The van der Waals surface area contributed by atoms with E-state index in [0.29, 0.717) is 17.2 Å². The number of guanidine groups is 1. The SMILES string of the molecule is Cc1cc(Nc2cccnc2)nc(/N=C(/N)N(C)c2ccc(OC(F)(F)F)cc2)n1. The number of nitrogens with one attached hydrogen (secondary N) is 1. The van der Waals surface area contributed by atoms with Crippen molar-refractivity contribution in [1.29, 1.82) is 0 Å². The van der Waals surface area contributed by atoms with E-state index in [0.717, 1.165) is 5.69 Å². The molecular weight excluding hydrogens is 399 g/mol. The minimum atomic E-state index is -4.75. The zero-order valence-corrected chi connectivity index (χ0v) is 16.1. The molecule has 0 atom stereocenters. The molecule has 0 spiro atoms. The number of nitrogens with two attached hydrogens (primary N) is 1. The molecule has 0 unspecified atom stereocenters. The van der Waals surface area contributed by atoms with Gasteiger partial charge in [-0.05, 0) is 43.3 Å². The summed E-state index contributed by atoms with van der Waals surface area (Å²) in [7, 11) is 1.61. The van der Waals surface area contributed by atoms with Gasteiger partial charge in [-0.15, -0.1) is 13.2 Å². The lowest BCUT2D eigenvalue weighted by atomic mass is 10.3. The maximum atomic E-state index is 12.3. The van der Waals surface area contributed by atoms with Crippen molar-refractivity contribution >= 4 is 29.1 Å². The zero-order chi connectivity index (χ0) is 21.7. The highest BCUT2D eigenvalue weighted by atomic mass is 19.4. The third-order valence-corrected chi connectivity index (χ3v) is 3.79. The lowest BCUT2D eigenvalue weighted by Gasteiger charge is -2.18. The van der Waals surface area contributed by atoms with Gasteiger partial charge in [-0.3, -0.25) is 4.98 Å². The molecule has 0 aliphatic rings. The van der Waals surface area contributed by atoms with Crippen LogP contribution < -0.4 is 20.7 Å². The summed E-state index contributed by atoms with van der Waals surface area (Å²) >= 11 is 0. The molecule has 0 saturated heterocycles. The molecule has 0 radical (unpaired) electrons. The standard InChI is InChI=1S/C19H18F3N7O/c1-12-10-16(26-13-4-3-9-24-11-13)27-18(25-12)28-17(23)29(2)14-5-7-15(8-6-14)30-19(20,21)22/h3-11H,1-2H3,(H3,23,25,26,27,28). The molecule has 8 nitrogen and oxygen atoms in total. The van der Waals surface area contributed by atoms with Gasteiger partial charge in [0.15, 0.2) is 0 Å². The fourth-order valence-corrected chi connectivity index (χ4v) is 2.43. The van der Waals surface area contributed by atoms with Crippen molar-refractivity contribution in [3.63, 3.8) is 0 Å². The third-order valence-electron chi connectivity index (χ3n) is 3.79. The maximum absolute atomic E-state index is 12.3. The highest BCUT2D eigenvalue weighted by Crippen LogP contribution is 2.25. The highest BCUT2D eigenvalue weighted by Gasteiger charge is 2.31. The number of halogens is 3. The predicted octanol–water partition coefficient (Wildman–Crippen LogP) is 3.90. The third kappa shape index (κ3) is 5.80. The second-order valence-electron chi connectivity index (χ2n) is 6.13. The summed E-state index contributed by atoms with van der Waals surface area (Å²) in [5.41, 5.74) is 7.95. The number of benzene rings is 1. The first kappa shape index (κ1) is 20.8. The Hall–Kier alpha value is -3.89. The first-order valence-electron chi connectivity index (χ1n) is 8.66.